The van der Waals surface area contributed by atoms with Crippen molar-refractivity contribution in [2.75, 3.05) is 10.0 Å². The van der Waals surface area contributed by atoms with E-state index in [1.165, 1.54) is 11.3 Å². The summed E-state index contributed by atoms with van der Waals surface area (Å²) < 4.78 is 34.1. The third-order valence-corrected chi connectivity index (χ3v) is 7.34. The minimum atomic E-state index is -3.77. The Labute approximate surface area is 179 Å². The number of aromatic nitrogens is 1. The maximum Gasteiger partial charge on any atom is 0.265 e. The average Bonchev–Trinajstić information content (AvgIpc) is 3.08. The lowest BCUT2D eigenvalue weighted by molar-refractivity contribution is -0.122. The van der Waals surface area contributed by atoms with Crippen LogP contribution < -0.4 is 14.8 Å². The Bertz CT molecular complexity index is 1240. The molecule has 1 aromatic heterocycles. The molecule has 3 aromatic rings. The highest BCUT2D eigenvalue weighted by molar-refractivity contribution is 7.93. The molecule has 30 heavy (non-hydrogen) atoms. The fraction of sp³-hybridized carbons (Fsp3) is 0.238. The lowest BCUT2D eigenvalue weighted by Crippen LogP contribution is -2.34. The predicted octanol–water partition coefficient (Wildman–Crippen LogP) is 4.26. The SMILES string of the molecule is Cc1cc(C)c(S(=O)(=O)Nc2nc(-c3ccc4c(c3)NC(=O)C(C)O4)cs2)c(C)c1. The Morgan fingerprint density at radius 2 is 1.83 bits per heavy atom. The number of benzene rings is 2. The number of sulfonamides is 1. The molecule has 1 unspecified atom stereocenters. The predicted molar refractivity (Wildman–Crippen MR) is 118 cm³/mol. The van der Waals surface area contributed by atoms with Crippen LogP contribution in [0.2, 0.25) is 0 Å². The zero-order valence-electron chi connectivity index (χ0n) is 16.9. The van der Waals surface area contributed by atoms with Crippen molar-refractivity contribution >= 4 is 38.1 Å². The summed E-state index contributed by atoms with van der Waals surface area (Å²) in [6.45, 7) is 7.18. The minimum Gasteiger partial charge on any atom is -0.479 e. The van der Waals surface area contributed by atoms with Gasteiger partial charge in [-0.15, -0.1) is 11.3 Å². The van der Waals surface area contributed by atoms with Gasteiger partial charge in [-0.3, -0.25) is 9.52 Å². The molecule has 7 nitrogen and oxygen atoms in total. The quantitative estimate of drug-likeness (QED) is 0.628. The van der Waals surface area contributed by atoms with Crippen molar-refractivity contribution < 1.29 is 17.9 Å². The number of hydrogen-bond donors (Lipinski definition) is 2. The standard InChI is InChI=1S/C21H21N3O4S2/c1-11-7-12(2)19(13(3)8-11)30(26,27)24-21-23-17(10-29-21)15-5-6-18-16(9-15)22-20(25)14(4)28-18/h5-10,14H,1-4H3,(H,22,25)(H,23,24). The third-order valence-electron chi connectivity index (χ3n) is 4.81. The average molecular weight is 444 g/mol. The highest BCUT2D eigenvalue weighted by atomic mass is 32.2. The molecule has 0 saturated carbocycles. The van der Waals surface area contributed by atoms with Crippen LogP contribution in [0.3, 0.4) is 0 Å². The third kappa shape index (κ3) is 3.78. The molecular weight excluding hydrogens is 422 g/mol. The van der Waals surface area contributed by atoms with E-state index in [0.717, 1.165) is 11.1 Å². The Morgan fingerprint density at radius 1 is 1.13 bits per heavy atom. The number of nitrogens with zero attached hydrogens (tertiary/aromatic N) is 1. The maximum atomic E-state index is 13.0. The first-order valence-electron chi connectivity index (χ1n) is 9.32. The molecule has 0 spiro atoms. The second kappa shape index (κ2) is 7.41. The maximum absolute atomic E-state index is 13.0. The number of nitrogens with one attached hydrogen (secondary N) is 2. The van der Waals surface area contributed by atoms with Gasteiger partial charge in [-0.1, -0.05) is 17.7 Å². The van der Waals surface area contributed by atoms with Crippen LogP contribution in [0.4, 0.5) is 10.8 Å². The number of thiazole rings is 1. The van der Waals surface area contributed by atoms with Crippen molar-refractivity contribution in [2.45, 2.75) is 38.7 Å². The Kier molecular flexibility index (Phi) is 5.03. The van der Waals surface area contributed by atoms with Gasteiger partial charge >= 0.3 is 0 Å². The van der Waals surface area contributed by atoms with Crippen LogP contribution in [0, 0.1) is 20.8 Å². The second-order valence-electron chi connectivity index (χ2n) is 7.33. The summed E-state index contributed by atoms with van der Waals surface area (Å²) in [7, 11) is -3.77. The lowest BCUT2D eigenvalue weighted by atomic mass is 10.1. The number of carbonyl (C=O) groups excluding carboxylic acids is 1. The summed E-state index contributed by atoms with van der Waals surface area (Å²) in [6, 6.07) is 9.05. The first kappa shape index (κ1) is 20.4. The van der Waals surface area contributed by atoms with Gasteiger partial charge in [-0.05, 0) is 57.0 Å². The number of carbonyl (C=O) groups is 1. The summed E-state index contributed by atoms with van der Waals surface area (Å²) in [6.07, 6.45) is -0.544. The molecule has 1 aliphatic heterocycles. The number of ether oxygens (including phenoxy) is 1. The van der Waals surface area contributed by atoms with Gasteiger partial charge in [0.1, 0.15) is 5.75 Å². The second-order valence-corrected chi connectivity index (χ2v) is 9.81. The van der Waals surface area contributed by atoms with E-state index >= 15 is 0 Å². The van der Waals surface area contributed by atoms with Crippen LogP contribution in [0.15, 0.2) is 40.6 Å². The van der Waals surface area contributed by atoms with Crippen LogP contribution in [0.5, 0.6) is 5.75 Å². The molecule has 1 amide bonds. The molecule has 0 bridgehead atoms. The largest absolute Gasteiger partial charge is 0.479 e. The van der Waals surface area contributed by atoms with Crippen LogP contribution in [0.25, 0.3) is 11.3 Å². The summed E-state index contributed by atoms with van der Waals surface area (Å²) in [5.74, 6) is 0.377. The molecule has 0 saturated heterocycles. The zero-order valence-corrected chi connectivity index (χ0v) is 18.6. The van der Waals surface area contributed by atoms with Crippen molar-refractivity contribution in [3.8, 4) is 17.0 Å². The summed E-state index contributed by atoms with van der Waals surface area (Å²) in [5, 5.41) is 4.84. The molecule has 0 radical (unpaired) electrons. The van der Waals surface area contributed by atoms with Gasteiger partial charge in [0, 0.05) is 10.9 Å². The Morgan fingerprint density at radius 3 is 2.53 bits per heavy atom. The first-order valence-corrected chi connectivity index (χ1v) is 11.7. The van der Waals surface area contributed by atoms with Gasteiger partial charge in [-0.25, -0.2) is 13.4 Å². The van der Waals surface area contributed by atoms with Gasteiger partial charge in [0.15, 0.2) is 11.2 Å². The molecule has 4 rings (SSSR count). The number of rotatable bonds is 4. The highest BCUT2D eigenvalue weighted by Gasteiger charge is 2.25. The molecule has 0 fully saturated rings. The number of hydrogen-bond acceptors (Lipinski definition) is 6. The molecule has 2 heterocycles. The normalized spacial score (nSPS) is 15.9. The van der Waals surface area contributed by atoms with E-state index in [0.29, 0.717) is 28.3 Å². The van der Waals surface area contributed by atoms with E-state index in [1.54, 1.807) is 38.3 Å². The molecule has 9 heteroatoms. The van der Waals surface area contributed by atoms with Crippen molar-refractivity contribution in [1.29, 1.82) is 0 Å². The smallest absolute Gasteiger partial charge is 0.265 e. The van der Waals surface area contributed by atoms with E-state index in [4.69, 9.17) is 4.74 Å². The molecule has 2 aromatic carbocycles. The molecular formula is C21H21N3O4S2. The van der Waals surface area contributed by atoms with Gasteiger partial charge < -0.3 is 10.1 Å². The molecule has 2 N–H and O–H groups in total. The van der Waals surface area contributed by atoms with Gasteiger partial charge in [0.25, 0.3) is 15.9 Å². The van der Waals surface area contributed by atoms with Crippen LogP contribution in [0.1, 0.15) is 23.6 Å². The van der Waals surface area contributed by atoms with E-state index in [1.807, 2.05) is 25.1 Å². The minimum absolute atomic E-state index is 0.213. The first-order chi connectivity index (χ1) is 14.1. The van der Waals surface area contributed by atoms with Gasteiger partial charge in [-0.2, -0.15) is 0 Å². The van der Waals surface area contributed by atoms with Crippen molar-refractivity contribution in [1.82, 2.24) is 4.98 Å². The van der Waals surface area contributed by atoms with Crippen LogP contribution in [-0.2, 0) is 14.8 Å². The Hall–Kier alpha value is -2.91. The van der Waals surface area contributed by atoms with E-state index < -0.39 is 16.1 Å². The molecule has 1 aliphatic rings. The monoisotopic (exact) mass is 443 g/mol. The summed E-state index contributed by atoms with van der Waals surface area (Å²) in [4.78, 5) is 16.5. The molecule has 0 aliphatic carbocycles. The van der Waals surface area contributed by atoms with Crippen LogP contribution >= 0.6 is 11.3 Å². The molecule has 156 valence electrons. The Balaban J connectivity index is 1.61. The highest BCUT2D eigenvalue weighted by Crippen LogP contribution is 2.35. The van der Waals surface area contributed by atoms with Crippen molar-refractivity contribution in [2.24, 2.45) is 0 Å². The van der Waals surface area contributed by atoms with Gasteiger partial charge in [0.2, 0.25) is 0 Å². The van der Waals surface area contributed by atoms with E-state index in [2.05, 4.69) is 15.0 Å². The zero-order chi connectivity index (χ0) is 21.6. The fourth-order valence-corrected chi connectivity index (χ4v) is 6.01. The van der Waals surface area contributed by atoms with E-state index in [-0.39, 0.29) is 15.9 Å². The topological polar surface area (TPSA) is 97.4 Å². The number of fused-ring (bicyclic) bond motifs is 1. The van der Waals surface area contributed by atoms with E-state index in [9.17, 15) is 13.2 Å². The lowest BCUT2D eigenvalue weighted by Gasteiger charge is -2.23. The molecule has 1 atom stereocenters. The summed E-state index contributed by atoms with van der Waals surface area (Å²) >= 11 is 1.20. The van der Waals surface area contributed by atoms with Crippen molar-refractivity contribution in [3.63, 3.8) is 0 Å². The number of anilines is 2. The van der Waals surface area contributed by atoms with Crippen molar-refractivity contribution in [3.05, 3.63) is 52.4 Å². The number of aryl methyl sites for hydroxylation is 3. The summed E-state index contributed by atoms with van der Waals surface area (Å²) in [5.41, 5.74) is 4.31. The van der Waals surface area contributed by atoms with Gasteiger partial charge in [0.05, 0.1) is 16.3 Å². The number of amides is 1. The fourth-order valence-electron chi connectivity index (χ4n) is 3.58. The van der Waals surface area contributed by atoms with Crippen LogP contribution in [-0.4, -0.2) is 25.4 Å².